The summed E-state index contributed by atoms with van der Waals surface area (Å²) in [5.74, 6) is 1.38. The quantitative estimate of drug-likeness (QED) is 0.862. The summed E-state index contributed by atoms with van der Waals surface area (Å²) in [4.78, 5) is 0. The maximum Gasteiger partial charge on any atom is 0.0441 e. The zero-order valence-corrected chi connectivity index (χ0v) is 10.6. The van der Waals surface area contributed by atoms with Gasteiger partial charge in [-0.1, -0.05) is 23.2 Å². The van der Waals surface area contributed by atoms with Crippen LogP contribution in [0.4, 0.5) is 0 Å². The predicted molar refractivity (Wildman–Crippen MR) is 68.3 cm³/mol. The maximum atomic E-state index is 6.19. The molecule has 2 atom stereocenters. The van der Waals surface area contributed by atoms with Gasteiger partial charge in [0, 0.05) is 16.1 Å². The van der Waals surface area contributed by atoms with Crippen molar-refractivity contribution in [3.63, 3.8) is 0 Å². The van der Waals surface area contributed by atoms with E-state index in [9.17, 15) is 0 Å². The minimum atomic E-state index is 0.623. The molecule has 0 bridgehead atoms. The van der Waals surface area contributed by atoms with Gasteiger partial charge in [0.1, 0.15) is 0 Å². The summed E-state index contributed by atoms with van der Waals surface area (Å²) in [7, 11) is 0. The lowest BCUT2D eigenvalue weighted by atomic mass is 10.1. The fraction of sp³-hybridized carbons (Fsp3) is 0.538. The van der Waals surface area contributed by atoms with E-state index in [0.717, 1.165) is 28.5 Å². The Hall–Kier alpha value is -0.240. The second-order valence-corrected chi connectivity index (χ2v) is 5.79. The second kappa shape index (κ2) is 4.21. The van der Waals surface area contributed by atoms with Gasteiger partial charge < -0.3 is 5.32 Å². The summed E-state index contributed by atoms with van der Waals surface area (Å²) in [6, 6.07) is 6.58. The van der Waals surface area contributed by atoms with Crippen molar-refractivity contribution >= 4 is 23.2 Å². The van der Waals surface area contributed by atoms with E-state index in [1.165, 1.54) is 24.8 Å². The van der Waals surface area contributed by atoms with Crippen LogP contribution < -0.4 is 5.32 Å². The first-order valence-corrected chi connectivity index (χ1v) is 6.68. The third kappa shape index (κ3) is 2.37. The van der Waals surface area contributed by atoms with Gasteiger partial charge >= 0.3 is 0 Å². The van der Waals surface area contributed by atoms with Crippen LogP contribution in [0.2, 0.25) is 10.0 Å². The van der Waals surface area contributed by atoms with E-state index in [1.54, 1.807) is 0 Å². The molecule has 86 valence electrons. The molecule has 1 aromatic carbocycles. The van der Waals surface area contributed by atoms with E-state index >= 15 is 0 Å². The topological polar surface area (TPSA) is 12.0 Å². The molecule has 16 heavy (non-hydrogen) atoms. The maximum absolute atomic E-state index is 6.19. The summed E-state index contributed by atoms with van der Waals surface area (Å²) in [5, 5.41) is 5.23. The number of nitrogens with one attached hydrogen (secondary N) is 1. The summed E-state index contributed by atoms with van der Waals surface area (Å²) in [6.45, 7) is 1.14. The highest BCUT2D eigenvalue weighted by Crippen LogP contribution is 2.49. The lowest BCUT2D eigenvalue weighted by molar-refractivity contribution is 0.624. The van der Waals surface area contributed by atoms with Crippen molar-refractivity contribution in [3.8, 4) is 0 Å². The minimum Gasteiger partial charge on any atom is -0.314 e. The zero-order valence-electron chi connectivity index (χ0n) is 9.05. The summed E-state index contributed by atoms with van der Waals surface area (Å²) >= 11 is 12.2. The van der Waals surface area contributed by atoms with Crippen molar-refractivity contribution in [2.75, 3.05) is 6.54 Å². The Bertz CT molecular complexity index is 401. The van der Waals surface area contributed by atoms with Crippen LogP contribution in [0.1, 0.15) is 30.7 Å². The molecule has 2 fully saturated rings. The average Bonchev–Trinajstić information content (AvgIpc) is 3.13. The highest BCUT2D eigenvalue weighted by Gasteiger charge is 2.40. The van der Waals surface area contributed by atoms with Gasteiger partial charge in [0.15, 0.2) is 0 Å². The number of benzene rings is 1. The Labute approximate surface area is 106 Å². The average molecular weight is 256 g/mol. The van der Waals surface area contributed by atoms with Crippen LogP contribution in [-0.4, -0.2) is 12.6 Å². The Kier molecular flexibility index (Phi) is 2.87. The molecule has 0 saturated heterocycles. The smallest absolute Gasteiger partial charge is 0.0441 e. The summed E-state index contributed by atoms with van der Waals surface area (Å²) < 4.78 is 0. The van der Waals surface area contributed by atoms with Gasteiger partial charge in [-0.3, -0.25) is 0 Å². The van der Waals surface area contributed by atoms with E-state index < -0.39 is 0 Å². The predicted octanol–water partition coefficient (Wildman–Crippen LogP) is 3.85. The first kappa shape index (κ1) is 10.9. The zero-order chi connectivity index (χ0) is 11.1. The molecule has 0 aromatic heterocycles. The molecule has 0 amide bonds. The highest BCUT2D eigenvalue weighted by molar-refractivity contribution is 6.33. The molecule has 0 spiro atoms. The van der Waals surface area contributed by atoms with Crippen molar-refractivity contribution in [3.05, 3.63) is 33.8 Å². The van der Waals surface area contributed by atoms with E-state index in [2.05, 4.69) is 5.32 Å². The van der Waals surface area contributed by atoms with Crippen LogP contribution in [0.5, 0.6) is 0 Å². The van der Waals surface area contributed by atoms with Crippen LogP contribution in [0.3, 0.4) is 0 Å². The molecule has 0 aliphatic heterocycles. The lowest BCUT2D eigenvalue weighted by Gasteiger charge is -2.05. The molecule has 3 rings (SSSR count). The standard InChI is InChI=1S/C13H15Cl2N/c14-9-1-4-13(15)12(6-9)11-5-8(11)7-16-10-2-3-10/h1,4,6,8,10-11,16H,2-3,5,7H2. The molecular formula is C13H15Cl2N. The van der Waals surface area contributed by atoms with E-state index in [4.69, 9.17) is 23.2 Å². The van der Waals surface area contributed by atoms with Gasteiger partial charge in [-0.05, 0) is 61.4 Å². The Morgan fingerprint density at radius 1 is 1.25 bits per heavy atom. The highest BCUT2D eigenvalue weighted by atomic mass is 35.5. The Morgan fingerprint density at radius 3 is 2.81 bits per heavy atom. The molecule has 2 aliphatic carbocycles. The van der Waals surface area contributed by atoms with Crippen molar-refractivity contribution < 1.29 is 0 Å². The van der Waals surface area contributed by atoms with Crippen LogP contribution in [0.15, 0.2) is 18.2 Å². The van der Waals surface area contributed by atoms with Crippen LogP contribution in [-0.2, 0) is 0 Å². The molecule has 0 heterocycles. The van der Waals surface area contributed by atoms with Crippen molar-refractivity contribution in [1.29, 1.82) is 0 Å². The monoisotopic (exact) mass is 255 g/mol. The molecule has 2 aliphatic rings. The minimum absolute atomic E-state index is 0.623. The van der Waals surface area contributed by atoms with Crippen molar-refractivity contribution in [2.24, 2.45) is 5.92 Å². The second-order valence-electron chi connectivity index (χ2n) is 4.95. The van der Waals surface area contributed by atoms with E-state index in [-0.39, 0.29) is 0 Å². The van der Waals surface area contributed by atoms with E-state index in [1.807, 2.05) is 18.2 Å². The first-order chi connectivity index (χ1) is 7.74. The number of hydrogen-bond acceptors (Lipinski definition) is 1. The van der Waals surface area contributed by atoms with E-state index in [0.29, 0.717) is 5.92 Å². The van der Waals surface area contributed by atoms with Gasteiger partial charge in [0.25, 0.3) is 0 Å². The van der Waals surface area contributed by atoms with Crippen LogP contribution in [0, 0.1) is 5.92 Å². The summed E-state index contributed by atoms with van der Waals surface area (Å²) in [5.41, 5.74) is 1.23. The molecule has 0 radical (unpaired) electrons. The molecule has 1 aromatic rings. The van der Waals surface area contributed by atoms with Crippen molar-refractivity contribution in [1.82, 2.24) is 5.32 Å². The molecular weight excluding hydrogens is 241 g/mol. The number of rotatable bonds is 4. The molecule has 1 nitrogen and oxygen atoms in total. The summed E-state index contributed by atoms with van der Waals surface area (Å²) in [6.07, 6.45) is 3.96. The normalized spacial score (nSPS) is 28.1. The number of halogens is 2. The van der Waals surface area contributed by atoms with Crippen LogP contribution >= 0.6 is 23.2 Å². The molecule has 2 saturated carbocycles. The fourth-order valence-electron chi connectivity index (χ4n) is 2.26. The van der Waals surface area contributed by atoms with Gasteiger partial charge in [-0.2, -0.15) is 0 Å². The number of hydrogen-bond donors (Lipinski definition) is 1. The largest absolute Gasteiger partial charge is 0.314 e. The molecule has 3 heteroatoms. The molecule has 2 unspecified atom stereocenters. The molecule has 1 N–H and O–H groups in total. The SMILES string of the molecule is Clc1ccc(Cl)c(C2CC2CNC2CC2)c1. The lowest BCUT2D eigenvalue weighted by Crippen LogP contribution is -2.19. The third-order valence-corrected chi connectivity index (χ3v) is 4.11. The van der Waals surface area contributed by atoms with Crippen LogP contribution in [0.25, 0.3) is 0 Å². The third-order valence-electron chi connectivity index (χ3n) is 3.53. The van der Waals surface area contributed by atoms with Gasteiger partial charge in [0.2, 0.25) is 0 Å². The van der Waals surface area contributed by atoms with Gasteiger partial charge in [-0.15, -0.1) is 0 Å². The fourth-order valence-corrected chi connectivity index (χ4v) is 2.70. The van der Waals surface area contributed by atoms with Gasteiger partial charge in [0.05, 0.1) is 0 Å². The van der Waals surface area contributed by atoms with Gasteiger partial charge in [-0.25, -0.2) is 0 Å². The first-order valence-electron chi connectivity index (χ1n) is 5.92. The Balaban J connectivity index is 1.62. The van der Waals surface area contributed by atoms with Crippen molar-refractivity contribution in [2.45, 2.75) is 31.2 Å². The Morgan fingerprint density at radius 2 is 2.06 bits per heavy atom.